The molecule has 0 fully saturated rings. The van der Waals surface area contributed by atoms with Gasteiger partial charge in [-0.25, -0.2) is 10.8 Å². The highest BCUT2D eigenvalue weighted by Gasteiger charge is 2.08. The Labute approximate surface area is 76.5 Å². The van der Waals surface area contributed by atoms with Gasteiger partial charge in [0.05, 0.1) is 0 Å². The standard InChI is InChI=1S/C8H12N4O/c1-12(2)8(13)6-4-3-5-7(10-6)11-9/h3-5H,9H2,1-2H3,(H,10,11). The van der Waals surface area contributed by atoms with Gasteiger partial charge < -0.3 is 10.3 Å². The molecular weight excluding hydrogens is 168 g/mol. The van der Waals surface area contributed by atoms with Crippen LogP contribution in [0.25, 0.3) is 0 Å². The predicted octanol–water partition coefficient (Wildman–Crippen LogP) is 0.0690. The van der Waals surface area contributed by atoms with Crippen LogP contribution >= 0.6 is 0 Å². The summed E-state index contributed by atoms with van der Waals surface area (Å²) < 4.78 is 0. The molecule has 0 aliphatic carbocycles. The Balaban J connectivity index is 2.95. The number of nitrogens with two attached hydrogens (primary N) is 1. The summed E-state index contributed by atoms with van der Waals surface area (Å²) in [5.41, 5.74) is 2.75. The third kappa shape index (κ3) is 2.16. The van der Waals surface area contributed by atoms with Gasteiger partial charge in [0.2, 0.25) is 0 Å². The van der Waals surface area contributed by atoms with Crippen LogP contribution in [-0.2, 0) is 0 Å². The highest BCUT2D eigenvalue weighted by atomic mass is 16.2. The molecule has 0 unspecified atom stereocenters. The summed E-state index contributed by atoms with van der Waals surface area (Å²) in [7, 11) is 3.35. The Kier molecular flexibility index (Phi) is 2.81. The van der Waals surface area contributed by atoms with Crippen molar-refractivity contribution < 1.29 is 4.79 Å². The number of carbonyl (C=O) groups is 1. The molecule has 0 radical (unpaired) electrons. The van der Waals surface area contributed by atoms with E-state index in [1.54, 1.807) is 32.3 Å². The number of nitrogens with one attached hydrogen (secondary N) is 1. The summed E-state index contributed by atoms with van der Waals surface area (Å²) in [4.78, 5) is 16.9. The number of anilines is 1. The highest BCUT2D eigenvalue weighted by molar-refractivity contribution is 5.92. The van der Waals surface area contributed by atoms with Gasteiger partial charge in [-0.05, 0) is 12.1 Å². The number of nitrogens with zero attached hydrogens (tertiary/aromatic N) is 2. The Morgan fingerprint density at radius 1 is 1.54 bits per heavy atom. The first-order chi connectivity index (χ1) is 6.15. The second-order valence-corrected chi connectivity index (χ2v) is 2.75. The van der Waals surface area contributed by atoms with Crippen molar-refractivity contribution in [2.75, 3.05) is 19.5 Å². The number of hydrogen-bond donors (Lipinski definition) is 2. The van der Waals surface area contributed by atoms with Crippen LogP contribution in [0.5, 0.6) is 0 Å². The number of carbonyl (C=O) groups excluding carboxylic acids is 1. The van der Waals surface area contributed by atoms with E-state index < -0.39 is 0 Å². The maximum Gasteiger partial charge on any atom is 0.272 e. The average Bonchev–Trinajstić information content (AvgIpc) is 2.16. The van der Waals surface area contributed by atoms with Gasteiger partial charge in [0.1, 0.15) is 11.5 Å². The van der Waals surface area contributed by atoms with Gasteiger partial charge in [0, 0.05) is 14.1 Å². The van der Waals surface area contributed by atoms with Crippen molar-refractivity contribution in [3.8, 4) is 0 Å². The van der Waals surface area contributed by atoms with Crippen LogP contribution in [0.15, 0.2) is 18.2 Å². The summed E-state index contributed by atoms with van der Waals surface area (Å²) in [6, 6.07) is 5.05. The fourth-order valence-corrected chi connectivity index (χ4v) is 0.863. The maximum absolute atomic E-state index is 11.4. The predicted molar refractivity (Wildman–Crippen MR) is 50.1 cm³/mol. The molecule has 5 nitrogen and oxygen atoms in total. The van der Waals surface area contributed by atoms with Crippen molar-refractivity contribution >= 4 is 11.7 Å². The summed E-state index contributed by atoms with van der Waals surface area (Å²) in [5.74, 6) is 5.50. The Hall–Kier alpha value is -1.62. The minimum Gasteiger partial charge on any atom is -0.343 e. The molecule has 5 heteroatoms. The molecule has 0 bridgehead atoms. The third-order valence-corrected chi connectivity index (χ3v) is 1.52. The average molecular weight is 180 g/mol. The first kappa shape index (κ1) is 9.47. The van der Waals surface area contributed by atoms with Crippen molar-refractivity contribution in [1.29, 1.82) is 0 Å². The van der Waals surface area contributed by atoms with Gasteiger partial charge in [0.25, 0.3) is 5.91 Å². The Morgan fingerprint density at radius 3 is 2.77 bits per heavy atom. The number of rotatable bonds is 2. The number of hydrogen-bond acceptors (Lipinski definition) is 4. The zero-order chi connectivity index (χ0) is 9.84. The summed E-state index contributed by atoms with van der Waals surface area (Å²) >= 11 is 0. The van der Waals surface area contributed by atoms with Crippen molar-refractivity contribution in [3.05, 3.63) is 23.9 Å². The van der Waals surface area contributed by atoms with Crippen molar-refractivity contribution in [2.45, 2.75) is 0 Å². The van der Waals surface area contributed by atoms with Gasteiger partial charge in [-0.15, -0.1) is 0 Å². The second kappa shape index (κ2) is 3.86. The molecule has 1 aromatic rings. The smallest absolute Gasteiger partial charge is 0.272 e. The van der Waals surface area contributed by atoms with E-state index in [1.807, 2.05) is 0 Å². The Morgan fingerprint density at radius 2 is 2.23 bits per heavy atom. The first-order valence-corrected chi connectivity index (χ1v) is 3.80. The van der Waals surface area contributed by atoms with Gasteiger partial charge >= 0.3 is 0 Å². The zero-order valence-corrected chi connectivity index (χ0v) is 7.61. The van der Waals surface area contributed by atoms with Gasteiger partial charge in [-0.2, -0.15) is 0 Å². The van der Waals surface area contributed by atoms with E-state index in [0.29, 0.717) is 11.5 Å². The van der Waals surface area contributed by atoms with Gasteiger partial charge in [0.15, 0.2) is 0 Å². The molecule has 1 amide bonds. The number of amides is 1. The first-order valence-electron chi connectivity index (χ1n) is 3.80. The van der Waals surface area contributed by atoms with E-state index in [-0.39, 0.29) is 5.91 Å². The van der Waals surface area contributed by atoms with Crippen molar-refractivity contribution in [3.63, 3.8) is 0 Å². The lowest BCUT2D eigenvalue weighted by Crippen LogP contribution is -2.23. The largest absolute Gasteiger partial charge is 0.343 e. The molecule has 0 saturated carbocycles. The fraction of sp³-hybridized carbons (Fsp3) is 0.250. The van der Waals surface area contributed by atoms with Crippen LogP contribution in [0.2, 0.25) is 0 Å². The van der Waals surface area contributed by atoms with E-state index in [1.165, 1.54) is 4.90 Å². The van der Waals surface area contributed by atoms with Gasteiger partial charge in [-0.3, -0.25) is 4.79 Å². The second-order valence-electron chi connectivity index (χ2n) is 2.75. The minimum absolute atomic E-state index is 0.142. The normalized spacial score (nSPS) is 9.46. The van der Waals surface area contributed by atoms with Crippen LogP contribution in [0.3, 0.4) is 0 Å². The highest BCUT2D eigenvalue weighted by Crippen LogP contribution is 2.04. The van der Waals surface area contributed by atoms with Gasteiger partial charge in [-0.1, -0.05) is 6.07 Å². The molecule has 0 atom stereocenters. The van der Waals surface area contributed by atoms with E-state index in [2.05, 4.69) is 10.4 Å². The van der Waals surface area contributed by atoms with Crippen LogP contribution in [0.1, 0.15) is 10.5 Å². The topological polar surface area (TPSA) is 71.2 Å². The summed E-state index contributed by atoms with van der Waals surface area (Å²) in [6.07, 6.45) is 0. The molecule has 1 rings (SSSR count). The summed E-state index contributed by atoms with van der Waals surface area (Å²) in [6.45, 7) is 0. The van der Waals surface area contributed by atoms with Crippen molar-refractivity contribution in [2.24, 2.45) is 5.84 Å². The molecule has 0 saturated heterocycles. The van der Waals surface area contributed by atoms with E-state index in [0.717, 1.165) is 0 Å². The number of pyridine rings is 1. The monoisotopic (exact) mass is 180 g/mol. The molecule has 0 aliphatic rings. The number of aromatic nitrogens is 1. The fourth-order valence-electron chi connectivity index (χ4n) is 0.863. The van der Waals surface area contributed by atoms with E-state index >= 15 is 0 Å². The lowest BCUT2D eigenvalue weighted by atomic mass is 10.3. The molecule has 0 aromatic carbocycles. The minimum atomic E-state index is -0.142. The molecule has 1 aromatic heterocycles. The zero-order valence-electron chi connectivity index (χ0n) is 7.61. The van der Waals surface area contributed by atoms with Crippen LogP contribution in [-0.4, -0.2) is 29.9 Å². The molecule has 3 N–H and O–H groups in total. The SMILES string of the molecule is CN(C)C(=O)c1cccc(NN)n1. The number of hydrazine groups is 1. The Bertz CT molecular complexity index is 311. The lowest BCUT2D eigenvalue weighted by molar-refractivity contribution is 0.0822. The molecule has 1 heterocycles. The van der Waals surface area contributed by atoms with Crippen molar-refractivity contribution in [1.82, 2.24) is 9.88 Å². The maximum atomic E-state index is 11.4. The summed E-state index contributed by atoms with van der Waals surface area (Å²) in [5, 5.41) is 0. The quantitative estimate of drug-likeness (QED) is 0.499. The van der Waals surface area contributed by atoms with E-state index in [4.69, 9.17) is 5.84 Å². The lowest BCUT2D eigenvalue weighted by Gasteiger charge is -2.09. The molecule has 70 valence electrons. The molecular formula is C8H12N4O. The molecule has 13 heavy (non-hydrogen) atoms. The van der Waals surface area contributed by atoms with Crippen LogP contribution < -0.4 is 11.3 Å². The van der Waals surface area contributed by atoms with Crippen LogP contribution in [0.4, 0.5) is 5.82 Å². The number of nitrogen functional groups attached to an aromatic ring is 1. The molecule has 0 spiro atoms. The van der Waals surface area contributed by atoms with E-state index in [9.17, 15) is 4.79 Å². The molecule has 0 aliphatic heterocycles. The van der Waals surface area contributed by atoms with Crippen LogP contribution in [0, 0.1) is 0 Å². The third-order valence-electron chi connectivity index (χ3n) is 1.52.